The van der Waals surface area contributed by atoms with Gasteiger partial charge in [0.15, 0.2) is 0 Å². The Hall–Kier alpha value is -2.49. The molecule has 1 amide bonds. The van der Waals surface area contributed by atoms with E-state index in [0.29, 0.717) is 11.1 Å². The predicted octanol–water partition coefficient (Wildman–Crippen LogP) is 3.26. The van der Waals surface area contributed by atoms with E-state index in [9.17, 15) is 18.0 Å². The van der Waals surface area contributed by atoms with E-state index in [1.54, 1.807) is 4.90 Å². The average Bonchev–Trinajstić information content (AvgIpc) is 3.12. The van der Waals surface area contributed by atoms with Crippen molar-refractivity contribution < 1.29 is 18.0 Å². The molecule has 0 radical (unpaired) electrons. The molecule has 0 atom stereocenters. The molecule has 3 aromatic rings. The highest BCUT2D eigenvalue weighted by Gasteiger charge is 2.39. The summed E-state index contributed by atoms with van der Waals surface area (Å²) < 4.78 is 39.2. The van der Waals surface area contributed by atoms with Gasteiger partial charge in [-0.2, -0.15) is 17.7 Å². The molecular formula is C15H14F3N5OS. The lowest BCUT2D eigenvalue weighted by Gasteiger charge is -2.25. The van der Waals surface area contributed by atoms with Crippen LogP contribution >= 0.6 is 11.3 Å². The van der Waals surface area contributed by atoms with Crippen LogP contribution in [-0.2, 0) is 12.7 Å². The lowest BCUT2D eigenvalue weighted by Crippen LogP contribution is -2.36. The zero-order chi connectivity index (χ0) is 18.2. The highest BCUT2D eigenvalue weighted by atomic mass is 32.1. The quantitative estimate of drug-likeness (QED) is 0.708. The maximum atomic E-state index is 12.9. The van der Waals surface area contributed by atoms with E-state index < -0.39 is 17.9 Å². The van der Waals surface area contributed by atoms with Gasteiger partial charge in [-0.25, -0.2) is 0 Å². The van der Waals surface area contributed by atoms with Crippen LogP contribution in [0.15, 0.2) is 30.3 Å². The van der Waals surface area contributed by atoms with E-state index in [4.69, 9.17) is 0 Å². The fraction of sp³-hybridized carbons (Fsp3) is 0.333. The van der Waals surface area contributed by atoms with Gasteiger partial charge in [-0.1, -0.05) is 41.7 Å². The zero-order valence-electron chi connectivity index (χ0n) is 13.4. The molecule has 0 aliphatic rings. The van der Waals surface area contributed by atoms with E-state index in [-0.39, 0.29) is 16.0 Å². The molecule has 0 saturated carbocycles. The number of hydrogen-bond donors (Lipinski definition) is 0. The third-order valence-corrected chi connectivity index (χ3v) is 4.39. The molecule has 0 saturated heterocycles. The summed E-state index contributed by atoms with van der Waals surface area (Å²) in [6.45, 7) is 4.01. The van der Waals surface area contributed by atoms with Crippen LogP contribution in [0.3, 0.4) is 0 Å². The molecule has 0 aliphatic heterocycles. The van der Waals surface area contributed by atoms with E-state index in [0.717, 1.165) is 16.9 Å². The summed E-state index contributed by atoms with van der Waals surface area (Å²) in [5, 5.41) is 10.3. The summed E-state index contributed by atoms with van der Waals surface area (Å²) in [6, 6.07) is 9.19. The van der Waals surface area contributed by atoms with Crippen molar-refractivity contribution >= 4 is 22.2 Å². The smallest absolute Gasteiger partial charge is 0.330 e. The number of rotatable bonds is 4. The van der Waals surface area contributed by atoms with Gasteiger partial charge in [0.1, 0.15) is 0 Å². The zero-order valence-corrected chi connectivity index (χ0v) is 14.2. The number of amides is 1. The second kappa shape index (κ2) is 6.43. The van der Waals surface area contributed by atoms with Crippen LogP contribution in [0, 0.1) is 0 Å². The second-order valence-corrected chi connectivity index (χ2v) is 6.59. The fourth-order valence-electron chi connectivity index (χ4n) is 2.27. The van der Waals surface area contributed by atoms with Gasteiger partial charge < -0.3 is 4.90 Å². The SMILES string of the molecule is CC(C)N(Cc1ccccc1)C(=O)c1nn2c(C(F)(F)F)nnc2s1. The number of nitrogens with zero attached hydrogens (tertiary/aromatic N) is 5. The Balaban J connectivity index is 1.92. The van der Waals surface area contributed by atoms with E-state index in [2.05, 4.69) is 15.3 Å². The number of aromatic nitrogens is 4. The highest BCUT2D eigenvalue weighted by molar-refractivity contribution is 7.18. The molecule has 0 N–H and O–H groups in total. The molecule has 0 fully saturated rings. The first-order valence-electron chi connectivity index (χ1n) is 7.41. The summed E-state index contributed by atoms with van der Waals surface area (Å²) in [6.07, 6.45) is -4.68. The number of hydrogen-bond acceptors (Lipinski definition) is 5. The van der Waals surface area contributed by atoms with Crippen molar-refractivity contribution in [1.29, 1.82) is 0 Å². The van der Waals surface area contributed by atoms with Crippen LogP contribution in [-0.4, -0.2) is 36.7 Å². The standard InChI is InChI=1S/C15H14F3N5OS/c1-9(2)22(8-10-6-4-3-5-7-10)12(24)11-21-23-13(15(16,17)18)19-20-14(23)25-11/h3-7,9H,8H2,1-2H3. The molecule has 10 heteroatoms. The predicted molar refractivity (Wildman–Crippen MR) is 85.1 cm³/mol. The van der Waals surface area contributed by atoms with Gasteiger partial charge in [-0.05, 0) is 19.4 Å². The largest absolute Gasteiger partial charge is 0.453 e. The van der Waals surface area contributed by atoms with Crippen molar-refractivity contribution in [2.45, 2.75) is 32.6 Å². The van der Waals surface area contributed by atoms with E-state index >= 15 is 0 Å². The van der Waals surface area contributed by atoms with Gasteiger partial charge in [-0.3, -0.25) is 4.79 Å². The Morgan fingerprint density at radius 2 is 1.92 bits per heavy atom. The minimum Gasteiger partial charge on any atom is -0.330 e. The molecule has 0 spiro atoms. The van der Waals surface area contributed by atoms with Gasteiger partial charge >= 0.3 is 6.18 Å². The number of carbonyl (C=O) groups excluding carboxylic acids is 1. The Morgan fingerprint density at radius 1 is 1.24 bits per heavy atom. The first kappa shape index (κ1) is 17.3. The maximum Gasteiger partial charge on any atom is 0.453 e. The van der Waals surface area contributed by atoms with E-state index in [1.165, 1.54) is 0 Å². The van der Waals surface area contributed by atoms with Crippen molar-refractivity contribution in [1.82, 2.24) is 24.7 Å². The Kier molecular flexibility index (Phi) is 4.46. The number of benzene rings is 1. The molecule has 3 rings (SSSR count). The van der Waals surface area contributed by atoms with Crippen molar-refractivity contribution in [3.05, 3.63) is 46.7 Å². The van der Waals surface area contributed by atoms with Crippen molar-refractivity contribution in [2.75, 3.05) is 0 Å². The summed E-state index contributed by atoms with van der Waals surface area (Å²) in [4.78, 5) is 14.2. The summed E-state index contributed by atoms with van der Waals surface area (Å²) in [5.41, 5.74) is 0.920. The van der Waals surface area contributed by atoms with Crippen LogP contribution in [0.4, 0.5) is 13.2 Å². The first-order valence-corrected chi connectivity index (χ1v) is 8.23. The molecular weight excluding hydrogens is 355 g/mol. The van der Waals surface area contributed by atoms with Crippen LogP contribution in [0.5, 0.6) is 0 Å². The van der Waals surface area contributed by atoms with Gasteiger partial charge in [0.05, 0.1) is 0 Å². The number of fused-ring (bicyclic) bond motifs is 1. The second-order valence-electron chi connectivity index (χ2n) is 5.64. The molecule has 0 unspecified atom stereocenters. The minimum atomic E-state index is -4.68. The van der Waals surface area contributed by atoms with Crippen LogP contribution in [0.2, 0.25) is 0 Å². The van der Waals surface area contributed by atoms with Crippen molar-refractivity contribution in [3.63, 3.8) is 0 Å². The molecule has 2 aromatic heterocycles. The first-order chi connectivity index (χ1) is 11.8. The minimum absolute atomic E-state index is 0.0555. The fourth-order valence-corrected chi connectivity index (χ4v) is 3.07. The Bertz CT molecular complexity index is 888. The molecule has 0 bridgehead atoms. The summed E-state index contributed by atoms with van der Waals surface area (Å²) in [5.74, 6) is -1.68. The lowest BCUT2D eigenvalue weighted by molar-refractivity contribution is -0.146. The average molecular weight is 369 g/mol. The molecule has 0 aliphatic carbocycles. The maximum absolute atomic E-state index is 12.9. The van der Waals surface area contributed by atoms with Gasteiger partial charge in [-0.15, -0.1) is 15.3 Å². The normalized spacial score (nSPS) is 12.1. The third-order valence-electron chi connectivity index (χ3n) is 3.51. The number of halogens is 3. The third kappa shape index (κ3) is 3.48. The summed E-state index contributed by atoms with van der Waals surface area (Å²) in [7, 11) is 0. The monoisotopic (exact) mass is 369 g/mol. The molecule has 2 heterocycles. The van der Waals surface area contributed by atoms with Crippen LogP contribution in [0.25, 0.3) is 4.96 Å². The number of carbonyl (C=O) groups is 1. The lowest BCUT2D eigenvalue weighted by atomic mass is 10.2. The number of alkyl halides is 3. The van der Waals surface area contributed by atoms with Crippen LogP contribution in [0.1, 0.15) is 35.0 Å². The Morgan fingerprint density at radius 3 is 2.52 bits per heavy atom. The molecule has 132 valence electrons. The van der Waals surface area contributed by atoms with Gasteiger partial charge in [0, 0.05) is 12.6 Å². The molecule has 6 nitrogen and oxygen atoms in total. The highest BCUT2D eigenvalue weighted by Crippen LogP contribution is 2.29. The topological polar surface area (TPSA) is 63.4 Å². The van der Waals surface area contributed by atoms with Gasteiger partial charge in [0.25, 0.3) is 11.7 Å². The molecule has 1 aromatic carbocycles. The summed E-state index contributed by atoms with van der Waals surface area (Å²) >= 11 is 0.786. The van der Waals surface area contributed by atoms with E-state index in [1.807, 2.05) is 44.2 Å². The Labute approximate surface area is 144 Å². The molecule has 25 heavy (non-hydrogen) atoms. The van der Waals surface area contributed by atoms with Gasteiger partial charge in [0.2, 0.25) is 9.97 Å². The van der Waals surface area contributed by atoms with Crippen molar-refractivity contribution in [2.24, 2.45) is 0 Å². The van der Waals surface area contributed by atoms with Crippen molar-refractivity contribution in [3.8, 4) is 0 Å². The van der Waals surface area contributed by atoms with Crippen LogP contribution < -0.4 is 0 Å².